The largest absolute Gasteiger partial charge is 0.495 e. The maximum absolute atomic E-state index is 12.8. The summed E-state index contributed by atoms with van der Waals surface area (Å²) in [5.41, 5.74) is 0.775. The fourth-order valence-electron chi connectivity index (χ4n) is 2.45. The summed E-state index contributed by atoms with van der Waals surface area (Å²) in [5.74, 6) is 0.844. The predicted molar refractivity (Wildman–Crippen MR) is 108 cm³/mol. The molecular weight excluding hydrogens is 401 g/mol. The second-order valence-electron chi connectivity index (χ2n) is 5.62. The summed E-state index contributed by atoms with van der Waals surface area (Å²) < 4.78 is 33.2. The number of carbonyl (C=O) groups is 2. The minimum atomic E-state index is -1.05. The standard InChI is InChI=1S/C20H22FNO6S/c1-5-18(23)22-14-8-12(6-7-15(14)25-2)20(24)29-13-9-16(26-3)19(28-11-21)17(10-13)27-4/h6-10H,5,11H2,1-4H3,(H,22,23). The number of anilines is 1. The summed E-state index contributed by atoms with van der Waals surface area (Å²) in [5, 5.41) is 2.44. The summed E-state index contributed by atoms with van der Waals surface area (Å²) >= 11 is 0.928. The Morgan fingerprint density at radius 3 is 2.14 bits per heavy atom. The number of nitrogens with one attached hydrogen (secondary N) is 1. The van der Waals surface area contributed by atoms with Gasteiger partial charge in [0, 0.05) is 16.9 Å². The summed E-state index contributed by atoms with van der Waals surface area (Å²) in [6, 6.07) is 7.87. The van der Waals surface area contributed by atoms with Crippen LogP contribution in [0.5, 0.6) is 23.0 Å². The average molecular weight is 423 g/mol. The van der Waals surface area contributed by atoms with Crippen LogP contribution >= 0.6 is 11.8 Å². The van der Waals surface area contributed by atoms with Crippen LogP contribution in [0.2, 0.25) is 0 Å². The van der Waals surface area contributed by atoms with Gasteiger partial charge in [0.25, 0.3) is 0 Å². The number of ether oxygens (including phenoxy) is 4. The van der Waals surface area contributed by atoms with Gasteiger partial charge in [-0.25, -0.2) is 4.39 Å². The van der Waals surface area contributed by atoms with Gasteiger partial charge in [0.2, 0.25) is 23.6 Å². The molecule has 9 heteroatoms. The van der Waals surface area contributed by atoms with Crippen LogP contribution in [0, 0.1) is 0 Å². The quantitative estimate of drug-likeness (QED) is 0.602. The SMILES string of the molecule is CCC(=O)Nc1cc(C(=O)Sc2cc(OC)c(OCF)c(OC)c2)ccc1OC. The van der Waals surface area contributed by atoms with Crippen molar-refractivity contribution in [2.24, 2.45) is 0 Å². The molecule has 2 aromatic rings. The van der Waals surface area contributed by atoms with E-state index in [4.69, 9.17) is 18.9 Å². The normalized spacial score (nSPS) is 10.2. The first kappa shape index (κ1) is 22.4. The molecular formula is C20H22FNO6S. The number of rotatable bonds is 9. The number of benzene rings is 2. The molecule has 0 aliphatic heterocycles. The van der Waals surface area contributed by atoms with Crippen molar-refractivity contribution in [3.8, 4) is 23.0 Å². The van der Waals surface area contributed by atoms with E-state index in [0.717, 1.165) is 11.8 Å². The molecule has 0 saturated carbocycles. The van der Waals surface area contributed by atoms with E-state index in [-0.39, 0.29) is 28.3 Å². The summed E-state index contributed by atoms with van der Waals surface area (Å²) in [6.07, 6.45) is 0.295. The molecule has 1 N–H and O–H groups in total. The van der Waals surface area contributed by atoms with E-state index in [2.05, 4.69) is 5.32 Å². The molecule has 7 nitrogen and oxygen atoms in total. The van der Waals surface area contributed by atoms with Crippen molar-refractivity contribution in [3.63, 3.8) is 0 Å². The molecule has 2 aromatic carbocycles. The molecule has 0 bridgehead atoms. The van der Waals surface area contributed by atoms with E-state index in [9.17, 15) is 14.0 Å². The van der Waals surface area contributed by atoms with Crippen molar-refractivity contribution in [2.45, 2.75) is 18.2 Å². The molecule has 1 amide bonds. The molecule has 0 aliphatic carbocycles. The van der Waals surface area contributed by atoms with Crippen LogP contribution in [0.25, 0.3) is 0 Å². The molecule has 0 saturated heterocycles. The van der Waals surface area contributed by atoms with Gasteiger partial charge in [-0.15, -0.1) is 0 Å². The van der Waals surface area contributed by atoms with Gasteiger partial charge in [-0.2, -0.15) is 0 Å². The lowest BCUT2D eigenvalue weighted by Crippen LogP contribution is -2.11. The average Bonchev–Trinajstić information content (AvgIpc) is 2.74. The zero-order chi connectivity index (χ0) is 21.4. The van der Waals surface area contributed by atoms with Crippen molar-refractivity contribution < 1.29 is 32.9 Å². The van der Waals surface area contributed by atoms with E-state index < -0.39 is 6.86 Å². The minimum absolute atomic E-state index is 0.114. The van der Waals surface area contributed by atoms with Crippen molar-refractivity contribution in [1.82, 2.24) is 0 Å². The Morgan fingerprint density at radius 2 is 1.62 bits per heavy atom. The number of amides is 1. The fourth-order valence-corrected chi connectivity index (χ4v) is 3.24. The van der Waals surface area contributed by atoms with E-state index in [0.29, 0.717) is 28.3 Å². The number of alkyl halides is 1. The van der Waals surface area contributed by atoms with Crippen LogP contribution < -0.4 is 24.3 Å². The van der Waals surface area contributed by atoms with Crippen molar-refractivity contribution >= 4 is 28.5 Å². The van der Waals surface area contributed by atoms with E-state index in [1.54, 1.807) is 37.3 Å². The van der Waals surface area contributed by atoms with E-state index in [1.165, 1.54) is 21.3 Å². The highest BCUT2D eigenvalue weighted by Gasteiger charge is 2.18. The smallest absolute Gasteiger partial charge is 0.229 e. The summed E-state index contributed by atoms with van der Waals surface area (Å²) in [6.45, 7) is 0.681. The molecule has 0 radical (unpaired) electrons. The minimum Gasteiger partial charge on any atom is -0.495 e. The molecule has 0 aliphatic rings. The molecule has 29 heavy (non-hydrogen) atoms. The maximum atomic E-state index is 12.8. The fraction of sp³-hybridized carbons (Fsp3) is 0.300. The number of hydrogen-bond donors (Lipinski definition) is 1. The molecule has 0 unspecified atom stereocenters. The summed E-state index contributed by atoms with van der Waals surface area (Å²) in [7, 11) is 4.29. The molecule has 0 aromatic heterocycles. The highest BCUT2D eigenvalue weighted by atomic mass is 32.2. The Hall–Kier alpha value is -2.94. The number of carbonyl (C=O) groups excluding carboxylic acids is 2. The monoisotopic (exact) mass is 423 g/mol. The van der Waals surface area contributed by atoms with Gasteiger partial charge in [0.15, 0.2) is 11.5 Å². The van der Waals surface area contributed by atoms with Gasteiger partial charge in [-0.1, -0.05) is 6.92 Å². The van der Waals surface area contributed by atoms with Gasteiger partial charge >= 0.3 is 0 Å². The lowest BCUT2D eigenvalue weighted by atomic mass is 10.2. The number of hydrogen-bond acceptors (Lipinski definition) is 7. The molecule has 0 heterocycles. The first-order chi connectivity index (χ1) is 14.0. The lowest BCUT2D eigenvalue weighted by molar-refractivity contribution is -0.115. The third-order valence-electron chi connectivity index (χ3n) is 3.87. The molecule has 156 valence electrons. The van der Waals surface area contributed by atoms with Crippen LogP contribution in [0.4, 0.5) is 10.1 Å². The Morgan fingerprint density at radius 1 is 1.00 bits per heavy atom. The van der Waals surface area contributed by atoms with Crippen LogP contribution in [0.3, 0.4) is 0 Å². The van der Waals surface area contributed by atoms with Crippen molar-refractivity contribution in [1.29, 1.82) is 0 Å². The van der Waals surface area contributed by atoms with E-state index in [1.807, 2.05) is 0 Å². The number of methoxy groups -OCH3 is 3. The zero-order valence-electron chi connectivity index (χ0n) is 16.5. The highest BCUT2D eigenvalue weighted by molar-refractivity contribution is 8.14. The van der Waals surface area contributed by atoms with Crippen LogP contribution in [-0.4, -0.2) is 39.2 Å². The first-order valence-corrected chi connectivity index (χ1v) is 9.43. The summed E-state index contributed by atoms with van der Waals surface area (Å²) in [4.78, 5) is 25.0. The van der Waals surface area contributed by atoms with Crippen LogP contribution in [0.15, 0.2) is 35.2 Å². The molecule has 0 fully saturated rings. The van der Waals surface area contributed by atoms with Crippen molar-refractivity contribution in [2.75, 3.05) is 33.5 Å². The van der Waals surface area contributed by atoms with Gasteiger partial charge in [0.1, 0.15) is 5.75 Å². The van der Waals surface area contributed by atoms with Crippen LogP contribution in [0.1, 0.15) is 23.7 Å². The van der Waals surface area contributed by atoms with Gasteiger partial charge < -0.3 is 24.3 Å². The Bertz CT molecular complexity index is 864. The maximum Gasteiger partial charge on any atom is 0.229 e. The number of thioether (sulfide) groups is 1. The Balaban J connectivity index is 2.32. The van der Waals surface area contributed by atoms with Gasteiger partial charge in [0.05, 0.1) is 27.0 Å². The number of halogens is 1. The van der Waals surface area contributed by atoms with Gasteiger partial charge in [-0.3, -0.25) is 9.59 Å². The van der Waals surface area contributed by atoms with Crippen molar-refractivity contribution in [3.05, 3.63) is 35.9 Å². The van der Waals surface area contributed by atoms with Crippen LogP contribution in [-0.2, 0) is 4.79 Å². The zero-order valence-corrected chi connectivity index (χ0v) is 17.4. The predicted octanol–water partition coefficient (Wildman–Crippen LogP) is 4.30. The molecule has 0 atom stereocenters. The topological polar surface area (TPSA) is 83.1 Å². The first-order valence-electron chi connectivity index (χ1n) is 8.62. The lowest BCUT2D eigenvalue weighted by Gasteiger charge is -2.14. The second kappa shape index (κ2) is 10.6. The highest BCUT2D eigenvalue weighted by Crippen LogP contribution is 2.42. The third kappa shape index (κ3) is 5.54. The Labute approximate surface area is 172 Å². The Kier molecular flexibility index (Phi) is 8.14. The van der Waals surface area contributed by atoms with Gasteiger partial charge in [-0.05, 0) is 42.1 Å². The molecule has 0 spiro atoms. The molecule has 2 rings (SSSR count). The second-order valence-corrected chi connectivity index (χ2v) is 6.66. The van der Waals surface area contributed by atoms with E-state index >= 15 is 0 Å². The third-order valence-corrected chi connectivity index (χ3v) is 4.77.